The van der Waals surface area contributed by atoms with Crippen LogP contribution in [-0.4, -0.2) is 15.8 Å². The van der Waals surface area contributed by atoms with E-state index in [2.05, 4.69) is 0 Å². The lowest BCUT2D eigenvalue weighted by atomic mass is 10.1. The Balaban J connectivity index is 2.46. The van der Waals surface area contributed by atoms with Crippen LogP contribution in [0.15, 0.2) is 36.4 Å². The fraction of sp³-hybridized carbons (Fsp3) is 0.133. The molecule has 23 heavy (non-hydrogen) atoms. The summed E-state index contributed by atoms with van der Waals surface area (Å²) in [5, 5.41) is 22.0. The number of carbonyl (C=O) groups excluding carboxylic acids is 1. The predicted molar refractivity (Wildman–Crippen MR) is 80.6 cm³/mol. The molecule has 2 aromatic rings. The second-order valence-electron chi connectivity index (χ2n) is 4.81. The second kappa shape index (κ2) is 6.22. The number of nitro benzene ring substituents is 2. The number of hydrogen-bond donors (Lipinski definition) is 0. The lowest BCUT2D eigenvalue weighted by Crippen LogP contribution is -2.11. The molecule has 2 aromatic carbocycles. The van der Waals surface area contributed by atoms with E-state index in [-0.39, 0.29) is 16.9 Å². The SMILES string of the molecule is Cc1ccccc1OC(=O)c1cc([N+](=O)[O-])c(C)c([N+](=O)[O-])c1. The lowest BCUT2D eigenvalue weighted by Gasteiger charge is -2.08. The van der Waals surface area contributed by atoms with E-state index in [4.69, 9.17) is 4.74 Å². The molecule has 0 unspecified atom stereocenters. The molecule has 0 amide bonds. The zero-order chi connectivity index (χ0) is 17.1. The van der Waals surface area contributed by atoms with Gasteiger partial charge in [-0.15, -0.1) is 0 Å². The summed E-state index contributed by atoms with van der Waals surface area (Å²) < 4.78 is 5.16. The van der Waals surface area contributed by atoms with Gasteiger partial charge in [0.05, 0.1) is 15.4 Å². The molecule has 0 aliphatic heterocycles. The highest BCUT2D eigenvalue weighted by atomic mass is 16.6. The summed E-state index contributed by atoms with van der Waals surface area (Å²) in [6.07, 6.45) is 0. The molecule has 0 N–H and O–H groups in total. The largest absolute Gasteiger partial charge is 0.423 e. The number of nitrogens with zero attached hydrogens (tertiary/aromatic N) is 2. The quantitative estimate of drug-likeness (QED) is 0.370. The van der Waals surface area contributed by atoms with Crippen molar-refractivity contribution in [1.82, 2.24) is 0 Å². The van der Waals surface area contributed by atoms with Crippen molar-refractivity contribution in [2.24, 2.45) is 0 Å². The molecular formula is C15H12N2O6. The van der Waals surface area contributed by atoms with Crippen LogP contribution >= 0.6 is 0 Å². The average molecular weight is 316 g/mol. The third-order valence-corrected chi connectivity index (χ3v) is 3.28. The van der Waals surface area contributed by atoms with Crippen LogP contribution in [0.4, 0.5) is 11.4 Å². The van der Waals surface area contributed by atoms with Gasteiger partial charge in [-0.1, -0.05) is 18.2 Å². The van der Waals surface area contributed by atoms with Gasteiger partial charge >= 0.3 is 5.97 Å². The van der Waals surface area contributed by atoms with Crippen LogP contribution in [0.5, 0.6) is 5.75 Å². The number of hydrogen-bond acceptors (Lipinski definition) is 6. The molecule has 0 saturated heterocycles. The first kappa shape index (κ1) is 16.1. The number of aryl methyl sites for hydroxylation is 1. The molecule has 0 aliphatic rings. The average Bonchev–Trinajstić information content (AvgIpc) is 2.49. The Morgan fingerprint density at radius 1 is 1.00 bits per heavy atom. The van der Waals surface area contributed by atoms with Crippen LogP contribution in [0.2, 0.25) is 0 Å². The molecule has 8 nitrogen and oxygen atoms in total. The van der Waals surface area contributed by atoms with Gasteiger partial charge in [-0.05, 0) is 25.5 Å². The number of carbonyl (C=O) groups is 1. The van der Waals surface area contributed by atoms with Crippen molar-refractivity contribution in [2.45, 2.75) is 13.8 Å². The Hall–Kier alpha value is -3.29. The molecule has 2 rings (SSSR count). The number of nitro groups is 2. The van der Waals surface area contributed by atoms with Gasteiger partial charge in [-0.2, -0.15) is 0 Å². The molecule has 0 aliphatic carbocycles. The minimum atomic E-state index is -0.898. The Labute approximate surface area is 130 Å². The number of esters is 1. The molecule has 0 radical (unpaired) electrons. The first-order valence-corrected chi connectivity index (χ1v) is 6.52. The van der Waals surface area contributed by atoms with Gasteiger partial charge in [-0.25, -0.2) is 4.79 Å². The summed E-state index contributed by atoms with van der Waals surface area (Å²) in [6, 6.07) is 8.66. The van der Waals surface area contributed by atoms with E-state index in [0.717, 1.165) is 12.1 Å². The van der Waals surface area contributed by atoms with E-state index in [0.29, 0.717) is 5.56 Å². The van der Waals surface area contributed by atoms with Crippen LogP contribution in [0.1, 0.15) is 21.5 Å². The van der Waals surface area contributed by atoms with Gasteiger partial charge in [0.1, 0.15) is 11.3 Å². The van der Waals surface area contributed by atoms with E-state index in [9.17, 15) is 25.0 Å². The molecule has 0 saturated carbocycles. The Morgan fingerprint density at radius 2 is 1.52 bits per heavy atom. The summed E-state index contributed by atoms with van der Waals surface area (Å²) in [7, 11) is 0. The van der Waals surface area contributed by atoms with Crippen LogP contribution < -0.4 is 4.74 Å². The fourth-order valence-corrected chi connectivity index (χ4v) is 2.01. The normalized spacial score (nSPS) is 10.2. The molecule has 0 heterocycles. The smallest absolute Gasteiger partial charge is 0.344 e. The van der Waals surface area contributed by atoms with Gasteiger partial charge in [0.25, 0.3) is 11.4 Å². The number of benzene rings is 2. The molecule has 0 spiro atoms. The zero-order valence-corrected chi connectivity index (χ0v) is 12.3. The molecular weight excluding hydrogens is 304 g/mol. The highest BCUT2D eigenvalue weighted by molar-refractivity contribution is 5.93. The van der Waals surface area contributed by atoms with E-state index in [1.165, 1.54) is 6.92 Å². The highest BCUT2D eigenvalue weighted by Gasteiger charge is 2.26. The monoisotopic (exact) mass is 316 g/mol. The summed E-state index contributed by atoms with van der Waals surface area (Å²) in [6.45, 7) is 2.98. The fourth-order valence-electron chi connectivity index (χ4n) is 2.01. The molecule has 0 aromatic heterocycles. The second-order valence-corrected chi connectivity index (χ2v) is 4.81. The maximum atomic E-state index is 12.2. The molecule has 0 atom stereocenters. The van der Waals surface area contributed by atoms with Crippen molar-refractivity contribution in [1.29, 1.82) is 0 Å². The van der Waals surface area contributed by atoms with Crippen molar-refractivity contribution >= 4 is 17.3 Å². The summed E-state index contributed by atoms with van der Waals surface area (Å²) >= 11 is 0. The summed E-state index contributed by atoms with van der Waals surface area (Å²) in [5.41, 5.74) is -0.687. The minimum Gasteiger partial charge on any atom is -0.423 e. The first-order valence-electron chi connectivity index (χ1n) is 6.52. The van der Waals surface area contributed by atoms with E-state index in [1.54, 1.807) is 31.2 Å². The molecule has 0 bridgehead atoms. The van der Waals surface area contributed by atoms with Crippen LogP contribution in [0, 0.1) is 34.1 Å². The zero-order valence-electron chi connectivity index (χ0n) is 12.3. The van der Waals surface area contributed by atoms with E-state index < -0.39 is 27.2 Å². The number of para-hydroxylation sites is 1. The summed E-state index contributed by atoms with van der Waals surface area (Å²) in [5.74, 6) is -0.617. The Bertz CT molecular complexity index is 780. The van der Waals surface area contributed by atoms with Crippen molar-refractivity contribution in [2.75, 3.05) is 0 Å². The van der Waals surface area contributed by atoms with E-state index >= 15 is 0 Å². The molecule has 118 valence electrons. The number of ether oxygens (including phenoxy) is 1. The number of rotatable bonds is 4. The van der Waals surface area contributed by atoms with Gasteiger partial charge < -0.3 is 4.74 Å². The van der Waals surface area contributed by atoms with Crippen LogP contribution in [-0.2, 0) is 0 Å². The maximum Gasteiger partial charge on any atom is 0.344 e. The highest BCUT2D eigenvalue weighted by Crippen LogP contribution is 2.30. The van der Waals surface area contributed by atoms with Crippen LogP contribution in [0.3, 0.4) is 0 Å². The van der Waals surface area contributed by atoms with Crippen molar-refractivity contribution in [3.8, 4) is 5.75 Å². The molecule has 8 heteroatoms. The summed E-state index contributed by atoms with van der Waals surface area (Å²) in [4.78, 5) is 32.6. The minimum absolute atomic E-state index is 0.118. The van der Waals surface area contributed by atoms with Crippen molar-refractivity contribution < 1.29 is 19.4 Å². The predicted octanol–water partition coefficient (Wildman–Crippen LogP) is 3.34. The third kappa shape index (κ3) is 3.31. The van der Waals surface area contributed by atoms with Crippen molar-refractivity contribution in [3.05, 3.63) is 73.3 Å². The van der Waals surface area contributed by atoms with Gasteiger partial charge in [-0.3, -0.25) is 20.2 Å². The van der Waals surface area contributed by atoms with E-state index in [1.807, 2.05) is 0 Å². The maximum absolute atomic E-state index is 12.2. The standard InChI is InChI=1S/C15H12N2O6/c1-9-5-3-4-6-14(9)23-15(18)11-7-12(16(19)20)10(2)13(8-11)17(21)22/h3-8H,1-2H3. The Kier molecular flexibility index (Phi) is 4.35. The van der Waals surface area contributed by atoms with Crippen LogP contribution in [0.25, 0.3) is 0 Å². The van der Waals surface area contributed by atoms with Gasteiger partial charge in [0, 0.05) is 12.1 Å². The first-order chi connectivity index (χ1) is 10.8. The third-order valence-electron chi connectivity index (χ3n) is 3.28. The van der Waals surface area contributed by atoms with Gasteiger partial charge in [0.2, 0.25) is 0 Å². The lowest BCUT2D eigenvalue weighted by molar-refractivity contribution is -0.395. The Morgan fingerprint density at radius 3 is 2.00 bits per heavy atom. The topological polar surface area (TPSA) is 113 Å². The molecule has 0 fully saturated rings. The van der Waals surface area contributed by atoms with Gasteiger partial charge in [0.15, 0.2) is 0 Å². The van der Waals surface area contributed by atoms with Crippen molar-refractivity contribution in [3.63, 3.8) is 0 Å².